The monoisotopic (exact) mass is 432 g/mol. The second-order valence-corrected chi connectivity index (χ2v) is 8.59. The van der Waals surface area contributed by atoms with Gasteiger partial charge in [-0.2, -0.15) is 12.6 Å². The average Bonchev–Trinajstić information content (AvgIpc) is 2.74. The number of carbonyl (C=O) groups excluding carboxylic acids is 1. The van der Waals surface area contributed by atoms with Crippen LogP contribution in [0.4, 0.5) is 5.82 Å². The molecular formula is C21H28N4O2S2. The standard InChI is InChI=1S/C21H28N4O2S2/c1-15-5-3-4-6-16(15)17-13-19(25-9-7-24(8-10-25)11-12-26)22-14-18(17)21(2,28)20(27)23-29/h3-6,13-14,26,28-29H,7-12H2,1-2H3,(H,23,27). The van der Waals surface area contributed by atoms with Crippen molar-refractivity contribution in [2.75, 3.05) is 44.2 Å². The molecule has 29 heavy (non-hydrogen) atoms. The van der Waals surface area contributed by atoms with E-state index in [-0.39, 0.29) is 12.5 Å². The number of aromatic nitrogens is 1. The quantitative estimate of drug-likeness (QED) is 0.528. The lowest BCUT2D eigenvalue weighted by atomic mass is 9.90. The first kappa shape index (κ1) is 22.0. The zero-order valence-electron chi connectivity index (χ0n) is 16.8. The molecule has 8 heteroatoms. The van der Waals surface area contributed by atoms with Crippen LogP contribution in [0.3, 0.4) is 0 Å². The number of pyridine rings is 1. The van der Waals surface area contributed by atoms with Crippen molar-refractivity contribution in [2.24, 2.45) is 0 Å². The fraction of sp³-hybridized carbons (Fsp3) is 0.429. The Labute approximate surface area is 183 Å². The van der Waals surface area contributed by atoms with Gasteiger partial charge >= 0.3 is 0 Å². The summed E-state index contributed by atoms with van der Waals surface area (Å²) >= 11 is 8.59. The Hall–Kier alpha value is -1.74. The molecule has 0 aliphatic carbocycles. The molecule has 1 aromatic carbocycles. The van der Waals surface area contributed by atoms with Crippen LogP contribution in [0.1, 0.15) is 18.1 Å². The largest absolute Gasteiger partial charge is 0.395 e. The smallest absolute Gasteiger partial charge is 0.249 e. The van der Waals surface area contributed by atoms with Crippen molar-refractivity contribution in [3.05, 3.63) is 47.7 Å². The van der Waals surface area contributed by atoms with Crippen molar-refractivity contribution in [1.82, 2.24) is 14.6 Å². The maximum atomic E-state index is 12.5. The average molecular weight is 433 g/mol. The van der Waals surface area contributed by atoms with Gasteiger partial charge in [0.25, 0.3) is 0 Å². The van der Waals surface area contributed by atoms with Gasteiger partial charge in [0, 0.05) is 44.5 Å². The minimum atomic E-state index is -1.08. The Morgan fingerprint density at radius 1 is 1.24 bits per heavy atom. The number of nitrogens with zero attached hydrogens (tertiary/aromatic N) is 3. The van der Waals surface area contributed by atoms with Crippen LogP contribution in [-0.4, -0.2) is 60.2 Å². The van der Waals surface area contributed by atoms with Crippen LogP contribution in [0.25, 0.3) is 11.1 Å². The summed E-state index contributed by atoms with van der Waals surface area (Å²) in [5.74, 6) is 0.581. The van der Waals surface area contributed by atoms with Crippen LogP contribution in [-0.2, 0) is 9.54 Å². The van der Waals surface area contributed by atoms with Gasteiger partial charge in [0.15, 0.2) is 0 Å². The first-order chi connectivity index (χ1) is 13.9. The summed E-state index contributed by atoms with van der Waals surface area (Å²) in [7, 11) is 0. The van der Waals surface area contributed by atoms with Gasteiger partial charge in [0.05, 0.1) is 6.61 Å². The van der Waals surface area contributed by atoms with Crippen molar-refractivity contribution in [1.29, 1.82) is 0 Å². The van der Waals surface area contributed by atoms with Crippen molar-refractivity contribution >= 4 is 37.2 Å². The third-order valence-electron chi connectivity index (χ3n) is 5.51. The summed E-state index contributed by atoms with van der Waals surface area (Å²) in [6, 6.07) is 10.2. The van der Waals surface area contributed by atoms with E-state index in [1.165, 1.54) is 0 Å². The lowest BCUT2D eigenvalue weighted by Gasteiger charge is -2.35. The highest BCUT2D eigenvalue weighted by Crippen LogP contribution is 2.39. The summed E-state index contributed by atoms with van der Waals surface area (Å²) in [5, 5.41) is 9.15. The number of aryl methyl sites for hydroxylation is 1. The van der Waals surface area contributed by atoms with Crippen molar-refractivity contribution in [2.45, 2.75) is 18.6 Å². The van der Waals surface area contributed by atoms with E-state index < -0.39 is 4.75 Å². The number of aliphatic hydroxyl groups is 1. The summed E-state index contributed by atoms with van der Waals surface area (Å²) < 4.78 is 1.33. The van der Waals surface area contributed by atoms with Crippen LogP contribution in [0, 0.1) is 6.92 Å². The minimum absolute atomic E-state index is 0.179. The molecule has 1 unspecified atom stereocenters. The highest BCUT2D eigenvalue weighted by atomic mass is 32.1. The number of aliphatic hydroxyl groups excluding tert-OH is 1. The Bertz CT molecular complexity index is 868. The number of carbonyl (C=O) groups is 1. The maximum absolute atomic E-state index is 12.5. The van der Waals surface area contributed by atoms with Gasteiger partial charge < -0.3 is 14.7 Å². The Morgan fingerprint density at radius 2 is 1.93 bits per heavy atom. The van der Waals surface area contributed by atoms with Crippen LogP contribution in [0.15, 0.2) is 36.5 Å². The van der Waals surface area contributed by atoms with E-state index in [1.807, 2.05) is 12.1 Å². The molecule has 1 aliphatic rings. The second kappa shape index (κ2) is 9.38. The molecule has 156 valence electrons. The van der Waals surface area contributed by atoms with Gasteiger partial charge in [0.1, 0.15) is 10.6 Å². The number of hydrogen-bond acceptors (Lipinski definition) is 7. The Balaban J connectivity index is 2.02. The zero-order valence-corrected chi connectivity index (χ0v) is 18.6. The number of piperazine rings is 1. The van der Waals surface area contributed by atoms with Crippen LogP contribution < -0.4 is 9.62 Å². The molecule has 2 aromatic rings. The number of nitrogens with one attached hydrogen (secondary N) is 1. The molecule has 1 fully saturated rings. The van der Waals surface area contributed by atoms with E-state index in [9.17, 15) is 4.79 Å². The molecule has 0 spiro atoms. The van der Waals surface area contributed by atoms with Crippen molar-refractivity contribution in [3.63, 3.8) is 0 Å². The molecule has 1 aromatic heterocycles. The molecule has 1 saturated heterocycles. The molecule has 2 heterocycles. The topological polar surface area (TPSA) is 68.7 Å². The number of β-amino-alcohol motifs (C(OH)–C–C–N with tert-alkyl or cyclic N) is 1. The van der Waals surface area contributed by atoms with E-state index in [0.717, 1.165) is 54.3 Å². The second-order valence-electron chi connectivity index (χ2n) is 7.47. The Kier molecular flexibility index (Phi) is 7.10. The normalized spacial score (nSPS) is 17.1. The van der Waals surface area contributed by atoms with E-state index in [0.29, 0.717) is 6.54 Å². The summed E-state index contributed by atoms with van der Waals surface area (Å²) in [6.45, 7) is 8.15. The first-order valence-corrected chi connectivity index (χ1v) is 10.6. The molecule has 1 amide bonds. The van der Waals surface area contributed by atoms with Gasteiger partial charge in [0.2, 0.25) is 5.91 Å². The highest BCUT2D eigenvalue weighted by Gasteiger charge is 2.34. The molecule has 0 radical (unpaired) electrons. The van der Waals surface area contributed by atoms with E-state index >= 15 is 0 Å². The molecule has 3 rings (SSSR count). The SMILES string of the molecule is Cc1ccccc1-c1cc(N2CCN(CCO)CC2)ncc1C(C)(S)C(=O)NS. The lowest BCUT2D eigenvalue weighted by Crippen LogP contribution is -2.47. The summed E-state index contributed by atoms with van der Waals surface area (Å²) in [4.78, 5) is 21.6. The van der Waals surface area contributed by atoms with Crippen LogP contribution >= 0.6 is 25.4 Å². The molecule has 6 nitrogen and oxygen atoms in total. The van der Waals surface area contributed by atoms with Gasteiger partial charge in [-0.1, -0.05) is 37.1 Å². The minimum Gasteiger partial charge on any atom is -0.395 e. The maximum Gasteiger partial charge on any atom is 0.249 e. The summed E-state index contributed by atoms with van der Waals surface area (Å²) in [5.41, 5.74) is 3.86. The fourth-order valence-electron chi connectivity index (χ4n) is 3.68. The van der Waals surface area contributed by atoms with Gasteiger partial charge in [-0.15, -0.1) is 0 Å². The van der Waals surface area contributed by atoms with Gasteiger partial charge in [-0.25, -0.2) is 4.98 Å². The number of anilines is 1. The van der Waals surface area contributed by atoms with Crippen LogP contribution in [0.5, 0.6) is 0 Å². The molecular weight excluding hydrogens is 404 g/mol. The van der Waals surface area contributed by atoms with Crippen molar-refractivity contribution < 1.29 is 9.90 Å². The summed E-state index contributed by atoms with van der Waals surface area (Å²) in [6.07, 6.45) is 1.76. The van der Waals surface area contributed by atoms with Crippen molar-refractivity contribution in [3.8, 4) is 11.1 Å². The zero-order chi connectivity index (χ0) is 21.0. The van der Waals surface area contributed by atoms with Gasteiger partial charge in [-0.05, 0) is 36.6 Å². The van der Waals surface area contributed by atoms with E-state index in [2.05, 4.69) is 70.1 Å². The number of amides is 1. The molecule has 0 saturated carbocycles. The molecule has 2 N–H and O–H groups in total. The van der Waals surface area contributed by atoms with Crippen LogP contribution in [0.2, 0.25) is 0 Å². The molecule has 1 atom stereocenters. The number of hydrogen-bond donors (Lipinski definition) is 4. The van der Waals surface area contributed by atoms with E-state index in [4.69, 9.17) is 5.11 Å². The first-order valence-electron chi connectivity index (χ1n) is 9.70. The number of rotatable bonds is 6. The van der Waals surface area contributed by atoms with Gasteiger partial charge in [-0.3, -0.25) is 9.69 Å². The third-order valence-corrected chi connectivity index (χ3v) is 6.15. The third kappa shape index (κ3) is 4.71. The molecule has 1 aliphatic heterocycles. The number of thiol groups is 2. The predicted molar refractivity (Wildman–Crippen MR) is 124 cm³/mol. The predicted octanol–water partition coefficient (Wildman–Crippen LogP) is 2.28. The van der Waals surface area contributed by atoms with E-state index in [1.54, 1.807) is 13.1 Å². The fourth-order valence-corrected chi connectivity index (χ4v) is 4.22. The number of benzene rings is 1. The lowest BCUT2D eigenvalue weighted by molar-refractivity contribution is -0.121. The Morgan fingerprint density at radius 3 is 2.55 bits per heavy atom. The highest BCUT2D eigenvalue weighted by molar-refractivity contribution is 7.82. The molecule has 0 bridgehead atoms.